The second-order valence-corrected chi connectivity index (χ2v) is 6.70. The molecule has 1 N–H and O–H groups in total. The third-order valence-electron chi connectivity index (χ3n) is 5.13. The standard InChI is InChI=1S/C25H19N/c1-3-9-18(10-4-1)23-17-24(20-12-5-2-6-13-20)26-25-21-14-8-7-11-19(21)15-16-22(23)25/h1-17,25-26H. The molecule has 3 aromatic carbocycles. The number of hydrogen-bond donors (Lipinski definition) is 1. The first-order chi connectivity index (χ1) is 12.9. The summed E-state index contributed by atoms with van der Waals surface area (Å²) in [6.07, 6.45) is 6.78. The van der Waals surface area contributed by atoms with E-state index in [4.69, 9.17) is 0 Å². The van der Waals surface area contributed by atoms with E-state index in [0.29, 0.717) is 0 Å². The molecule has 0 saturated heterocycles. The van der Waals surface area contributed by atoms with Gasteiger partial charge in [0.2, 0.25) is 0 Å². The highest BCUT2D eigenvalue weighted by atomic mass is 14.9. The van der Waals surface area contributed by atoms with Crippen molar-refractivity contribution in [1.29, 1.82) is 0 Å². The molecule has 0 amide bonds. The zero-order chi connectivity index (χ0) is 17.3. The maximum Gasteiger partial charge on any atom is 0.0779 e. The molecule has 2 aliphatic rings. The Morgan fingerprint density at radius 2 is 1.27 bits per heavy atom. The molecule has 1 nitrogen and oxygen atoms in total. The van der Waals surface area contributed by atoms with E-state index in [1.54, 1.807) is 0 Å². The normalized spacial score (nSPS) is 17.8. The van der Waals surface area contributed by atoms with Crippen molar-refractivity contribution in [3.8, 4) is 0 Å². The van der Waals surface area contributed by atoms with Crippen LogP contribution in [0.4, 0.5) is 0 Å². The highest BCUT2D eigenvalue weighted by molar-refractivity contribution is 5.91. The van der Waals surface area contributed by atoms with Crippen molar-refractivity contribution >= 4 is 17.3 Å². The Balaban J connectivity index is 1.73. The van der Waals surface area contributed by atoms with E-state index in [1.165, 1.54) is 39.1 Å². The molecule has 3 aromatic rings. The summed E-state index contributed by atoms with van der Waals surface area (Å²) in [5.41, 5.74) is 8.88. The summed E-state index contributed by atoms with van der Waals surface area (Å²) in [5.74, 6) is 0. The van der Waals surface area contributed by atoms with Crippen molar-refractivity contribution in [3.63, 3.8) is 0 Å². The van der Waals surface area contributed by atoms with Gasteiger partial charge in [0.1, 0.15) is 0 Å². The molecule has 1 atom stereocenters. The van der Waals surface area contributed by atoms with Gasteiger partial charge in [-0.15, -0.1) is 0 Å². The number of nitrogens with one attached hydrogen (secondary N) is 1. The molecule has 26 heavy (non-hydrogen) atoms. The quantitative estimate of drug-likeness (QED) is 0.620. The number of benzene rings is 3. The fraction of sp³-hybridized carbons (Fsp3) is 0.0400. The van der Waals surface area contributed by atoms with Crippen molar-refractivity contribution in [1.82, 2.24) is 5.32 Å². The Labute approximate surface area is 154 Å². The molecular weight excluding hydrogens is 314 g/mol. The van der Waals surface area contributed by atoms with Crippen molar-refractivity contribution in [3.05, 3.63) is 125 Å². The molecular formula is C25H19N. The Bertz CT molecular complexity index is 1040. The summed E-state index contributed by atoms with van der Waals surface area (Å²) in [6.45, 7) is 0. The summed E-state index contributed by atoms with van der Waals surface area (Å²) in [7, 11) is 0. The molecule has 0 fully saturated rings. The van der Waals surface area contributed by atoms with Gasteiger partial charge in [-0.3, -0.25) is 0 Å². The lowest BCUT2D eigenvalue weighted by Gasteiger charge is -2.33. The van der Waals surface area contributed by atoms with E-state index >= 15 is 0 Å². The van der Waals surface area contributed by atoms with Gasteiger partial charge in [-0.25, -0.2) is 0 Å². The third kappa shape index (κ3) is 2.49. The average molecular weight is 333 g/mol. The fourth-order valence-corrected chi connectivity index (χ4v) is 3.85. The highest BCUT2D eigenvalue weighted by Crippen LogP contribution is 2.41. The minimum absolute atomic E-state index is 0.173. The van der Waals surface area contributed by atoms with E-state index in [-0.39, 0.29) is 6.04 Å². The Kier molecular flexibility index (Phi) is 3.57. The first-order valence-corrected chi connectivity index (χ1v) is 9.00. The Hall–Kier alpha value is -3.32. The number of allylic oxidation sites excluding steroid dienone is 2. The first kappa shape index (κ1) is 15.0. The first-order valence-electron chi connectivity index (χ1n) is 9.00. The molecule has 1 aliphatic heterocycles. The lowest BCUT2D eigenvalue weighted by molar-refractivity contribution is 0.733. The zero-order valence-corrected chi connectivity index (χ0v) is 14.4. The second-order valence-electron chi connectivity index (χ2n) is 6.70. The molecule has 1 aliphatic carbocycles. The van der Waals surface area contributed by atoms with E-state index in [1.807, 2.05) is 0 Å². The van der Waals surface area contributed by atoms with Crippen LogP contribution < -0.4 is 5.32 Å². The van der Waals surface area contributed by atoms with Gasteiger partial charge >= 0.3 is 0 Å². The molecule has 0 spiro atoms. The molecule has 0 aromatic heterocycles. The molecule has 1 unspecified atom stereocenters. The summed E-state index contributed by atoms with van der Waals surface area (Å²) < 4.78 is 0. The van der Waals surface area contributed by atoms with Crippen LogP contribution in [0.3, 0.4) is 0 Å². The molecule has 1 heterocycles. The molecule has 0 saturated carbocycles. The van der Waals surface area contributed by atoms with Crippen molar-refractivity contribution < 1.29 is 0 Å². The van der Waals surface area contributed by atoms with Crippen LogP contribution in [0.15, 0.2) is 103 Å². The van der Waals surface area contributed by atoms with Crippen molar-refractivity contribution in [2.24, 2.45) is 0 Å². The van der Waals surface area contributed by atoms with Gasteiger partial charge in [-0.1, -0.05) is 97.1 Å². The topological polar surface area (TPSA) is 12.0 Å². The smallest absolute Gasteiger partial charge is 0.0779 e. The molecule has 124 valence electrons. The number of dihydropyridines is 1. The molecule has 1 heteroatoms. The van der Waals surface area contributed by atoms with Crippen LogP contribution >= 0.6 is 0 Å². The van der Waals surface area contributed by atoms with Crippen molar-refractivity contribution in [2.45, 2.75) is 6.04 Å². The molecule has 5 rings (SSSR count). The summed E-state index contributed by atoms with van der Waals surface area (Å²) >= 11 is 0. The lowest BCUT2D eigenvalue weighted by atomic mass is 9.81. The van der Waals surface area contributed by atoms with Crippen molar-refractivity contribution in [2.75, 3.05) is 0 Å². The van der Waals surface area contributed by atoms with Gasteiger partial charge in [0.15, 0.2) is 0 Å². The molecule has 0 radical (unpaired) electrons. The summed E-state index contributed by atoms with van der Waals surface area (Å²) in [5, 5.41) is 3.78. The highest BCUT2D eigenvalue weighted by Gasteiger charge is 2.27. The monoisotopic (exact) mass is 333 g/mol. The van der Waals surface area contributed by atoms with Gasteiger partial charge in [0.05, 0.1) is 6.04 Å². The van der Waals surface area contributed by atoms with Gasteiger partial charge in [0.25, 0.3) is 0 Å². The van der Waals surface area contributed by atoms with Gasteiger partial charge in [0, 0.05) is 5.70 Å². The number of rotatable bonds is 2. The maximum atomic E-state index is 3.78. The number of hydrogen-bond acceptors (Lipinski definition) is 1. The van der Waals surface area contributed by atoms with Crippen LogP contribution in [0, 0.1) is 0 Å². The van der Waals surface area contributed by atoms with Gasteiger partial charge < -0.3 is 5.32 Å². The average Bonchev–Trinajstić information content (AvgIpc) is 2.74. The Morgan fingerprint density at radius 3 is 2.04 bits per heavy atom. The maximum absolute atomic E-state index is 3.78. The Morgan fingerprint density at radius 1 is 0.615 bits per heavy atom. The largest absolute Gasteiger partial charge is 0.374 e. The predicted octanol–water partition coefficient (Wildman–Crippen LogP) is 5.85. The third-order valence-corrected chi connectivity index (χ3v) is 5.13. The van der Waals surface area contributed by atoms with E-state index < -0.39 is 0 Å². The zero-order valence-electron chi connectivity index (χ0n) is 14.4. The minimum atomic E-state index is 0.173. The molecule has 0 bridgehead atoms. The van der Waals surface area contributed by atoms with E-state index in [9.17, 15) is 0 Å². The summed E-state index contributed by atoms with van der Waals surface area (Å²) in [4.78, 5) is 0. The SMILES string of the molecule is C1=Cc2ccccc2C2NC(c3ccccc3)=CC(c3ccccc3)=C12. The van der Waals surface area contributed by atoms with Gasteiger partial charge in [-0.2, -0.15) is 0 Å². The van der Waals surface area contributed by atoms with E-state index in [2.05, 4.69) is 108 Å². The minimum Gasteiger partial charge on any atom is -0.374 e. The van der Waals surface area contributed by atoms with Crippen LogP contribution in [0.1, 0.15) is 28.3 Å². The number of fused-ring (bicyclic) bond motifs is 3. The van der Waals surface area contributed by atoms with Crippen LogP contribution in [0.5, 0.6) is 0 Å². The van der Waals surface area contributed by atoms with Crippen LogP contribution in [0.2, 0.25) is 0 Å². The lowest BCUT2D eigenvalue weighted by Crippen LogP contribution is -2.27. The van der Waals surface area contributed by atoms with Gasteiger partial charge in [-0.05, 0) is 39.5 Å². The summed E-state index contributed by atoms with van der Waals surface area (Å²) in [6, 6.07) is 30.1. The van der Waals surface area contributed by atoms with Crippen LogP contribution in [0.25, 0.3) is 17.3 Å². The van der Waals surface area contributed by atoms with E-state index in [0.717, 1.165) is 0 Å². The van der Waals surface area contributed by atoms with Crippen LogP contribution in [-0.4, -0.2) is 0 Å². The fourth-order valence-electron chi connectivity index (χ4n) is 3.85. The van der Waals surface area contributed by atoms with Crippen LogP contribution in [-0.2, 0) is 0 Å². The second kappa shape index (κ2) is 6.20. The predicted molar refractivity (Wildman–Crippen MR) is 109 cm³/mol.